The second-order valence-corrected chi connectivity index (χ2v) is 5.94. The molecule has 3 rings (SSSR count). The minimum absolute atomic E-state index is 0.213. The van der Waals surface area contributed by atoms with E-state index in [1.165, 1.54) is 12.1 Å². The predicted molar refractivity (Wildman–Crippen MR) is 78.0 cm³/mol. The van der Waals surface area contributed by atoms with Crippen LogP contribution in [0.4, 0.5) is 13.2 Å². The maximum atomic E-state index is 12.6. The van der Waals surface area contributed by atoms with Crippen molar-refractivity contribution in [1.29, 1.82) is 0 Å². The summed E-state index contributed by atoms with van der Waals surface area (Å²) in [5, 5.41) is 16.2. The van der Waals surface area contributed by atoms with Gasteiger partial charge in [-0.05, 0) is 17.7 Å². The number of ether oxygens (including phenoxy) is 1. The van der Waals surface area contributed by atoms with Crippen LogP contribution in [0.2, 0.25) is 0 Å². The lowest BCUT2D eigenvalue weighted by atomic mass is 9.91. The molecule has 1 aliphatic rings. The van der Waals surface area contributed by atoms with E-state index < -0.39 is 11.7 Å². The number of alkyl halides is 3. The highest BCUT2D eigenvalue weighted by Crippen LogP contribution is 2.29. The number of aromatic nitrogens is 1. The summed E-state index contributed by atoms with van der Waals surface area (Å²) in [6.45, 7) is 1.17. The Labute approximate surface area is 136 Å². The van der Waals surface area contributed by atoms with Gasteiger partial charge in [0.15, 0.2) is 5.76 Å². The van der Waals surface area contributed by atoms with Crippen molar-refractivity contribution < 1.29 is 27.5 Å². The molecule has 1 saturated heterocycles. The third kappa shape index (κ3) is 3.77. The number of nitrogens with one attached hydrogen (secondary N) is 1. The van der Waals surface area contributed by atoms with Crippen molar-refractivity contribution in [3.63, 3.8) is 0 Å². The Morgan fingerprint density at radius 1 is 1.21 bits per heavy atom. The molecule has 0 spiro atoms. The Morgan fingerprint density at radius 2 is 1.92 bits per heavy atom. The minimum Gasteiger partial charge on any atom is -0.388 e. The van der Waals surface area contributed by atoms with Crippen molar-refractivity contribution >= 4 is 0 Å². The van der Waals surface area contributed by atoms with Gasteiger partial charge in [0.05, 0.1) is 30.0 Å². The molecule has 0 unspecified atom stereocenters. The van der Waals surface area contributed by atoms with Gasteiger partial charge in [0.25, 0.3) is 0 Å². The van der Waals surface area contributed by atoms with Crippen molar-refractivity contribution in [2.24, 2.45) is 0 Å². The molecule has 5 nitrogen and oxygen atoms in total. The molecule has 0 radical (unpaired) electrons. The van der Waals surface area contributed by atoms with Crippen LogP contribution in [0.5, 0.6) is 0 Å². The first kappa shape index (κ1) is 16.9. The number of nitrogens with zero attached hydrogens (tertiary/aromatic N) is 1. The molecule has 1 fully saturated rings. The summed E-state index contributed by atoms with van der Waals surface area (Å²) in [4.78, 5) is 0. The first-order valence-corrected chi connectivity index (χ1v) is 7.44. The van der Waals surface area contributed by atoms with Gasteiger partial charge in [-0.2, -0.15) is 13.2 Å². The topological polar surface area (TPSA) is 67.5 Å². The summed E-state index contributed by atoms with van der Waals surface area (Å²) in [5.74, 6) is 0.392. The van der Waals surface area contributed by atoms with Crippen molar-refractivity contribution in [3.8, 4) is 0 Å². The normalized spacial score (nSPS) is 16.8. The highest BCUT2D eigenvalue weighted by molar-refractivity contribution is 5.25. The van der Waals surface area contributed by atoms with Gasteiger partial charge in [-0.25, -0.2) is 0 Å². The molecule has 0 saturated carbocycles. The van der Waals surface area contributed by atoms with Crippen LogP contribution >= 0.6 is 0 Å². The summed E-state index contributed by atoms with van der Waals surface area (Å²) < 4.78 is 47.9. The molecule has 0 atom stereocenters. The van der Waals surface area contributed by atoms with E-state index in [2.05, 4.69) is 10.5 Å². The lowest BCUT2D eigenvalue weighted by Crippen LogP contribution is -2.61. The number of halogens is 3. The number of rotatable bonds is 6. The average molecular weight is 342 g/mol. The number of aliphatic hydroxyl groups is 1. The SMILES string of the molecule is OCc1cc(CC2(NCc3ccc(C(F)(F)F)cc3)COC2)no1. The molecule has 1 aromatic carbocycles. The van der Waals surface area contributed by atoms with Crippen LogP contribution in [-0.2, 0) is 30.5 Å². The fourth-order valence-electron chi connectivity index (χ4n) is 2.58. The van der Waals surface area contributed by atoms with Crippen LogP contribution in [0.3, 0.4) is 0 Å². The molecular formula is C16H17F3N2O3. The zero-order valence-electron chi connectivity index (χ0n) is 12.8. The van der Waals surface area contributed by atoms with Crippen molar-refractivity contribution in [2.75, 3.05) is 13.2 Å². The van der Waals surface area contributed by atoms with E-state index in [0.717, 1.165) is 17.7 Å². The minimum atomic E-state index is -4.33. The molecule has 0 amide bonds. The monoisotopic (exact) mass is 342 g/mol. The van der Waals surface area contributed by atoms with Crippen molar-refractivity contribution in [3.05, 3.63) is 52.9 Å². The Hall–Kier alpha value is -1.90. The van der Waals surface area contributed by atoms with Gasteiger partial charge in [0.1, 0.15) is 6.61 Å². The molecular weight excluding hydrogens is 325 g/mol. The largest absolute Gasteiger partial charge is 0.416 e. The average Bonchev–Trinajstić information content (AvgIpc) is 2.97. The van der Waals surface area contributed by atoms with Crippen LogP contribution in [0.25, 0.3) is 0 Å². The second-order valence-electron chi connectivity index (χ2n) is 5.94. The predicted octanol–water partition coefficient (Wildman–Crippen LogP) is 2.29. The maximum Gasteiger partial charge on any atom is 0.416 e. The molecule has 2 heterocycles. The lowest BCUT2D eigenvalue weighted by molar-refractivity contribution is -0.137. The fraction of sp³-hybridized carbons (Fsp3) is 0.438. The van der Waals surface area contributed by atoms with Crippen LogP contribution in [0, 0.1) is 0 Å². The third-order valence-electron chi connectivity index (χ3n) is 3.99. The molecule has 2 aromatic rings. The van der Waals surface area contributed by atoms with E-state index in [1.54, 1.807) is 6.07 Å². The third-order valence-corrected chi connectivity index (χ3v) is 3.99. The Kier molecular flexibility index (Phi) is 4.62. The molecule has 2 N–H and O–H groups in total. The number of aliphatic hydroxyl groups excluding tert-OH is 1. The summed E-state index contributed by atoms with van der Waals surface area (Å²) >= 11 is 0. The maximum absolute atomic E-state index is 12.6. The lowest BCUT2D eigenvalue weighted by Gasteiger charge is -2.42. The summed E-state index contributed by atoms with van der Waals surface area (Å²) in [6, 6.07) is 6.75. The Morgan fingerprint density at radius 3 is 2.42 bits per heavy atom. The van der Waals surface area contributed by atoms with E-state index in [1.807, 2.05) is 0 Å². The smallest absolute Gasteiger partial charge is 0.388 e. The van der Waals surface area contributed by atoms with Gasteiger partial charge in [-0.15, -0.1) is 0 Å². The van der Waals surface area contributed by atoms with Crippen molar-refractivity contribution in [2.45, 2.75) is 31.3 Å². The van der Waals surface area contributed by atoms with E-state index in [4.69, 9.17) is 14.4 Å². The Bertz CT molecular complexity index is 679. The molecule has 24 heavy (non-hydrogen) atoms. The number of benzene rings is 1. The van der Waals surface area contributed by atoms with E-state index in [-0.39, 0.29) is 12.1 Å². The molecule has 0 aliphatic carbocycles. The van der Waals surface area contributed by atoms with Gasteiger partial charge in [0.2, 0.25) is 0 Å². The molecule has 8 heteroatoms. The van der Waals surface area contributed by atoms with Gasteiger partial charge in [-0.1, -0.05) is 17.3 Å². The van der Waals surface area contributed by atoms with Crippen LogP contribution in [-0.4, -0.2) is 29.0 Å². The van der Waals surface area contributed by atoms with Crippen LogP contribution in [0.15, 0.2) is 34.9 Å². The summed E-state index contributed by atoms with van der Waals surface area (Å²) in [6.07, 6.45) is -3.77. The van der Waals surface area contributed by atoms with E-state index in [0.29, 0.717) is 37.6 Å². The number of hydrogen-bond acceptors (Lipinski definition) is 5. The molecule has 0 bridgehead atoms. The molecule has 1 aromatic heterocycles. The van der Waals surface area contributed by atoms with Gasteiger partial charge in [0, 0.05) is 19.0 Å². The summed E-state index contributed by atoms with van der Waals surface area (Å²) in [5.41, 5.74) is 0.464. The van der Waals surface area contributed by atoms with Gasteiger partial charge in [-0.3, -0.25) is 0 Å². The Balaban J connectivity index is 1.61. The quantitative estimate of drug-likeness (QED) is 0.843. The van der Waals surface area contributed by atoms with Gasteiger partial charge >= 0.3 is 6.18 Å². The zero-order chi connectivity index (χ0) is 17.2. The standard InChI is InChI=1S/C16H17F3N2O3/c17-16(18,19)12-3-1-11(2-4-12)7-20-15(9-23-10-15)6-13-5-14(8-22)24-21-13/h1-5,20,22H,6-10H2. The first-order chi connectivity index (χ1) is 11.4. The van der Waals surface area contributed by atoms with E-state index in [9.17, 15) is 13.2 Å². The van der Waals surface area contributed by atoms with Crippen molar-refractivity contribution in [1.82, 2.24) is 10.5 Å². The van der Waals surface area contributed by atoms with Gasteiger partial charge < -0.3 is 19.7 Å². The highest BCUT2D eigenvalue weighted by atomic mass is 19.4. The summed E-state index contributed by atoms with van der Waals surface area (Å²) in [7, 11) is 0. The second kappa shape index (κ2) is 6.54. The van der Waals surface area contributed by atoms with Crippen LogP contribution in [0.1, 0.15) is 22.6 Å². The zero-order valence-corrected chi connectivity index (χ0v) is 12.8. The first-order valence-electron chi connectivity index (χ1n) is 7.44. The molecule has 130 valence electrons. The van der Waals surface area contributed by atoms with E-state index >= 15 is 0 Å². The molecule has 1 aliphatic heterocycles. The number of hydrogen-bond donors (Lipinski definition) is 2. The van der Waals surface area contributed by atoms with Crippen LogP contribution < -0.4 is 5.32 Å². The fourth-order valence-corrected chi connectivity index (χ4v) is 2.58. The highest BCUT2D eigenvalue weighted by Gasteiger charge is 2.39.